The summed E-state index contributed by atoms with van der Waals surface area (Å²) >= 11 is 0. The van der Waals surface area contributed by atoms with Crippen molar-refractivity contribution in [2.45, 2.75) is 19.8 Å². The smallest absolute Gasteiger partial charge is 0.227 e. The molecular formula is C13H14FN3O. The molecule has 0 aliphatic rings. The Morgan fingerprint density at radius 3 is 2.61 bits per heavy atom. The maximum atomic E-state index is 12.8. The van der Waals surface area contributed by atoms with Crippen molar-refractivity contribution in [1.29, 1.82) is 0 Å². The summed E-state index contributed by atoms with van der Waals surface area (Å²) < 4.78 is 18.4. The molecule has 18 heavy (non-hydrogen) atoms. The molecule has 2 N–H and O–H groups in total. The lowest BCUT2D eigenvalue weighted by Crippen LogP contribution is -2.02. The van der Waals surface area contributed by atoms with Gasteiger partial charge in [0.2, 0.25) is 5.88 Å². The van der Waals surface area contributed by atoms with E-state index in [9.17, 15) is 4.39 Å². The topological polar surface area (TPSA) is 61.0 Å². The van der Waals surface area contributed by atoms with E-state index in [-0.39, 0.29) is 5.82 Å². The fourth-order valence-electron chi connectivity index (χ4n) is 1.60. The van der Waals surface area contributed by atoms with Gasteiger partial charge < -0.3 is 10.5 Å². The quantitative estimate of drug-likeness (QED) is 0.902. The SMILES string of the molecule is CCCc1c(N)ncnc1Oc1ccc(F)cc1. The number of halogens is 1. The maximum absolute atomic E-state index is 12.8. The summed E-state index contributed by atoms with van der Waals surface area (Å²) in [6.07, 6.45) is 3.01. The molecular weight excluding hydrogens is 233 g/mol. The monoisotopic (exact) mass is 247 g/mol. The van der Waals surface area contributed by atoms with Crippen LogP contribution >= 0.6 is 0 Å². The Hall–Kier alpha value is -2.17. The van der Waals surface area contributed by atoms with Crippen LogP contribution in [0.4, 0.5) is 10.2 Å². The first kappa shape index (κ1) is 12.3. The predicted octanol–water partition coefficient (Wildman–Crippen LogP) is 2.94. The molecule has 0 saturated heterocycles. The van der Waals surface area contributed by atoms with Crippen LogP contribution in [0.1, 0.15) is 18.9 Å². The molecule has 0 aliphatic heterocycles. The molecule has 0 spiro atoms. The van der Waals surface area contributed by atoms with Crippen LogP contribution in [0.25, 0.3) is 0 Å². The number of rotatable bonds is 4. The van der Waals surface area contributed by atoms with E-state index in [4.69, 9.17) is 10.5 Å². The van der Waals surface area contributed by atoms with Crippen LogP contribution in [-0.4, -0.2) is 9.97 Å². The number of ether oxygens (including phenoxy) is 1. The fraction of sp³-hybridized carbons (Fsp3) is 0.231. The van der Waals surface area contributed by atoms with Gasteiger partial charge >= 0.3 is 0 Å². The van der Waals surface area contributed by atoms with E-state index in [1.54, 1.807) is 12.1 Å². The van der Waals surface area contributed by atoms with E-state index >= 15 is 0 Å². The van der Waals surface area contributed by atoms with E-state index < -0.39 is 0 Å². The first-order chi connectivity index (χ1) is 8.70. The summed E-state index contributed by atoms with van der Waals surface area (Å²) in [5.41, 5.74) is 6.58. The van der Waals surface area contributed by atoms with Gasteiger partial charge in [-0.2, -0.15) is 0 Å². The molecule has 2 aromatic rings. The Balaban J connectivity index is 2.28. The molecule has 4 nitrogen and oxygen atoms in total. The van der Waals surface area contributed by atoms with Crippen molar-refractivity contribution in [3.05, 3.63) is 42.0 Å². The Morgan fingerprint density at radius 1 is 1.22 bits per heavy atom. The Labute approximate surface area is 105 Å². The van der Waals surface area contributed by atoms with E-state index in [0.717, 1.165) is 18.4 Å². The molecule has 1 aromatic heterocycles. The summed E-state index contributed by atoms with van der Waals surface area (Å²) in [7, 11) is 0. The standard InChI is InChI=1S/C13H14FN3O/c1-2-3-11-12(15)16-8-17-13(11)18-10-6-4-9(14)5-7-10/h4-8H,2-3H2,1H3,(H2,15,16,17). The Kier molecular flexibility index (Phi) is 3.72. The summed E-state index contributed by atoms with van der Waals surface area (Å²) in [6, 6.07) is 5.76. The molecule has 1 aromatic carbocycles. The number of anilines is 1. The minimum absolute atomic E-state index is 0.307. The predicted molar refractivity (Wildman–Crippen MR) is 66.9 cm³/mol. The third-order valence-electron chi connectivity index (χ3n) is 2.47. The zero-order chi connectivity index (χ0) is 13.0. The van der Waals surface area contributed by atoms with Gasteiger partial charge in [0.05, 0.1) is 5.56 Å². The minimum Gasteiger partial charge on any atom is -0.439 e. The lowest BCUT2D eigenvalue weighted by atomic mass is 10.2. The molecule has 0 bridgehead atoms. The number of nitrogen functional groups attached to an aromatic ring is 1. The molecule has 2 rings (SSSR count). The van der Waals surface area contributed by atoms with Gasteiger partial charge in [-0.3, -0.25) is 0 Å². The molecule has 1 heterocycles. The van der Waals surface area contributed by atoms with Crippen molar-refractivity contribution in [1.82, 2.24) is 9.97 Å². The second-order valence-electron chi connectivity index (χ2n) is 3.85. The van der Waals surface area contributed by atoms with Gasteiger partial charge in [-0.05, 0) is 30.7 Å². The largest absolute Gasteiger partial charge is 0.439 e. The number of nitrogens with two attached hydrogens (primary N) is 1. The van der Waals surface area contributed by atoms with Crippen molar-refractivity contribution in [3.8, 4) is 11.6 Å². The van der Waals surface area contributed by atoms with E-state index in [1.807, 2.05) is 6.92 Å². The van der Waals surface area contributed by atoms with Crippen molar-refractivity contribution >= 4 is 5.82 Å². The van der Waals surface area contributed by atoms with Crippen molar-refractivity contribution in [2.75, 3.05) is 5.73 Å². The minimum atomic E-state index is -0.307. The maximum Gasteiger partial charge on any atom is 0.227 e. The lowest BCUT2D eigenvalue weighted by molar-refractivity contribution is 0.453. The first-order valence-electron chi connectivity index (χ1n) is 5.73. The Morgan fingerprint density at radius 2 is 1.94 bits per heavy atom. The van der Waals surface area contributed by atoms with Crippen LogP contribution in [0.15, 0.2) is 30.6 Å². The van der Waals surface area contributed by atoms with Crippen LogP contribution in [0, 0.1) is 5.82 Å². The zero-order valence-electron chi connectivity index (χ0n) is 10.1. The van der Waals surface area contributed by atoms with Crippen LogP contribution in [-0.2, 0) is 6.42 Å². The van der Waals surface area contributed by atoms with Gasteiger partial charge in [-0.25, -0.2) is 14.4 Å². The van der Waals surface area contributed by atoms with Crippen molar-refractivity contribution in [3.63, 3.8) is 0 Å². The highest BCUT2D eigenvalue weighted by molar-refractivity contribution is 5.46. The molecule has 0 amide bonds. The zero-order valence-corrected chi connectivity index (χ0v) is 10.1. The molecule has 5 heteroatoms. The highest BCUT2D eigenvalue weighted by Crippen LogP contribution is 2.26. The summed E-state index contributed by atoms with van der Waals surface area (Å²) in [4.78, 5) is 8.01. The average Bonchev–Trinajstić information content (AvgIpc) is 2.36. The third kappa shape index (κ3) is 2.74. The number of aromatic nitrogens is 2. The van der Waals surface area contributed by atoms with Crippen molar-refractivity contribution in [2.24, 2.45) is 0 Å². The fourth-order valence-corrected chi connectivity index (χ4v) is 1.60. The molecule has 0 atom stereocenters. The highest BCUT2D eigenvalue weighted by atomic mass is 19.1. The second kappa shape index (κ2) is 5.44. The van der Waals surface area contributed by atoms with Gasteiger partial charge in [0, 0.05) is 0 Å². The lowest BCUT2D eigenvalue weighted by Gasteiger charge is -2.10. The van der Waals surface area contributed by atoms with Gasteiger partial charge in [0.15, 0.2) is 0 Å². The first-order valence-corrected chi connectivity index (χ1v) is 5.73. The molecule has 94 valence electrons. The van der Waals surface area contributed by atoms with Crippen LogP contribution in [0.5, 0.6) is 11.6 Å². The number of hydrogen-bond acceptors (Lipinski definition) is 4. The molecule has 0 aliphatic carbocycles. The van der Waals surface area contributed by atoms with Crippen molar-refractivity contribution < 1.29 is 9.13 Å². The molecule has 0 fully saturated rings. The second-order valence-corrected chi connectivity index (χ2v) is 3.85. The van der Waals surface area contributed by atoms with Crippen LogP contribution in [0.3, 0.4) is 0 Å². The average molecular weight is 247 g/mol. The van der Waals surface area contributed by atoms with Crippen LogP contribution < -0.4 is 10.5 Å². The molecule has 0 saturated carbocycles. The van der Waals surface area contributed by atoms with Gasteiger partial charge in [0.1, 0.15) is 23.7 Å². The molecule has 0 radical (unpaired) electrons. The van der Waals surface area contributed by atoms with Gasteiger partial charge in [-0.1, -0.05) is 13.3 Å². The van der Waals surface area contributed by atoms with Crippen LogP contribution in [0.2, 0.25) is 0 Å². The highest BCUT2D eigenvalue weighted by Gasteiger charge is 2.10. The number of nitrogens with zero attached hydrogens (tertiary/aromatic N) is 2. The number of benzene rings is 1. The summed E-state index contributed by atoms with van der Waals surface area (Å²) in [6.45, 7) is 2.04. The summed E-state index contributed by atoms with van der Waals surface area (Å²) in [5.74, 6) is 1.06. The van der Waals surface area contributed by atoms with E-state index in [1.165, 1.54) is 18.5 Å². The third-order valence-corrected chi connectivity index (χ3v) is 2.47. The van der Waals surface area contributed by atoms with E-state index in [2.05, 4.69) is 9.97 Å². The van der Waals surface area contributed by atoms with E-state index in [0.29, 0.717) is 17.4 Å². The summed E-state index contributed by atoms with van der Waals surface area (Å²) in [5, 5.41) is 0. The normalized spacial score (nSPS) is 10.3. The molecule has 0 unspecified atom stereocenters. The number of hydrogen-bond donors (Lipinski definition) is 1. The Bertz CT molecular complexity index is 528. The van der Waals surface area contributed by atoms with Gasteiger partial charge in [-0.15, -0.1) is 0 Å². The van der Waals surface area contributed by atoms with Gasteiger partial charge in [0.25, 0.3) is 0 Å².